The van der Waals surface area contributed by atoms with Gasteiger partial charge >= 0.3 is 0 Å². The minimum Gasteiger partial charge on any atom is -0.384 e. The lowest BCUT2D eigenvalue weighted by atomic mass is 10.1. The molecule has 1 saturated heterocycles. The van der Waals surface area contributed by atoms with Crippen molar-refractivity contribution in [2.24, 2.45) is 5.92 Å². The van der Waals surface area contributed by atoms with E-state index in [2.05, 4.69) is 18.7 Å². The van der Waals surface area contributed by atoms with Gasteiger partial charge in [-0.15, -0.1) is 0 Å². The smallest absolute Gasteiger partial charge is 0.0619 e. The topological polar surface area (TPSA) is 21.7 Å². The number of ether oxygens (including phenoxy) is 2. The summed E-state index contributed by atoms with van der Waals surface area (Å²) in [5, 5.41) is 0. The molecule has 0 spiro atoms. The van der Waals surface area contributed by atoms with E-state index in [4.69, 9.17) is 9.47 Å². The minimum absolute atomic E-state index is 0.563. The van der Waals surface area contributed by atoms with Crippen molar-refractivity contribution in [1.29, 1.82) is 0 Å². The highest BCUT2D eigenvalue weighted by atomic mass is 16.5. The Kier molecular flexibility index (Phi) is 4.70. The van der Waals surface area contributed by atoms with E-state index in [1.54, 1.807) is 7.11 Å². The fourth-order valence-corrected chi connectivity index (χ4v) is 1.77. The molecule has 0 N–H and O–H groups in total. The molecule has 0 radical (unpaired) electrons. The maximum Gasteiger partial charge on any atom is 0.0619 e. The van der Waals surface area contributed by atoms with Crippen LogP contribution in [0.5, 0.6) is 0 Å². The van der Waals surface area contributed by atoms with E-state index in [9.17, 15) is 0 Å². The Morgan fingerprint density at radius 2 is 2.38 bits per heavy atom. The highest BCUT2D eigenvalue weighted by Crippen LogP contribution is 2.09. The predicted molar refractivity (Wildman–Crippen MR) is 52.9 cm³/mol. The fraction of sp³-hybridized carbons (Fsp3) is 1.00. The highest BCUT2D eigenvalue weighted by molar-refractivity contribution is 4.72. The van der Waals surface area contributed by atoms with Gasteiger partial charge in [0.1, 0.15) is 0 Å². The maximum atomic E-state index is 5.38. The highest BCUT2D eigenvalue weighted by Gasteiger charge is 2.20. The van der Waals surface area contributed by atoms with Crippen molar-refractivity contribution in [3.8, 4) is 0 Å². The van der Waals surface area contributed by atoms with Gasteiger partial charge in [0.2, 0.25) is 0 Å². The number of hydrogen-bond donors (Lipinski definition) is 0. The van der Waals surface area contributed by atoms with Gasteiger partial charge in [-0.3, -0.25) is 4.90 Å². The Morgan fingerprint density at radius 3 is 3.00 bits per heavy atom. The number of nitrogens with zero attached hydrogens (tertiary/aromatic N) is 1. The van der Waals surface area contributed by atoms with Crippen LogP contribution in [0.1, 0.15) is 13.8 Å². The molecule has 0 aromatic heterocycles. The molecular weight excluding hydrogens is 166 g/mol. The summed E-state index contributed by atoms with van der Waals surface area (Å²) in [5.74, 6) is 0.616. The number of hydrogen-bond acceptors (Lipinski definition) is 3. The second kappa shape index (κ2) is 5.58. The zero-order valence-corrected chi connectivity index (χ0v) is 8.95. The molecule has 0 aromatic carbocycles. The summed E-state index contributed by atoms with van der Waals surface area (Å²) in [7, 11) is 1.76. The van der Waals surface area contributed by atoms with Crippen LogP contribution in [-0.2, 0) is 9.47 Å². The van der Waals surface area contributed by atoms with Gasteiger partial charge in [0.25, 0.3) is 0 Å². The minimum atomic E-state index is 0.563. The van der Waals surface area contributed by atoms with Crippen LogP contribution in [0.15, 0.2) is 0 Å². The molecule has 0 saturated carbocycles. The average molecular weight is 187 g/mol. The van der Waals surface area contributed by atoms with E-state index in [1.807, 2.05) is 0 Å². The summed E-state index contributed by atoms with van der Waals surface area (Å²) in [6, 6.07) is 0.563. The molecule has 2 atom stereocenters. The Morgan fingerprint density at radius 1 is 1.62 bits per heavy atom. The Balaban J connectivity index is 2.25. The third kappa shape index (κ3) is 3.63. The van der Waals surface area contributed by atoms with Gasteiger partial charge in [0, 0.05) is 32.8 Å². The summed E-state index contributed by atoms with van der Waals surface area (Å²) in [6.07, 6.45) is 0. The molecule has 0 aromatic rings. The zero-order valence-electron chi connectivity index (χ0n) is 8.95. The lowest BCUT2D eigenvalue weighted by Crippen LogP contribution is -2.45. The van der Waals surface area contributed by atoms with E-state index in [1.165, 1.54) is 0 Å². The quantitative estimate of drug-likeness (QED) is 0.655. The molecule has 3 heteroatoms. The number of rotatable bonds is 4. The molecule has 1 aliphatic heterocycles. The molecule has 13 heavy (non-hydrogen) atoms. The monoisotopic (exact) mass is 187 g/mol. The Hall–Kier alpha value is -0.120. The normalized spacial score (nSPS) is 27.5. The van der Waals surface area contributed by atoms with Crippen LogP contribution >= 0.6 is 0 Å². The van der Waals surface area contributed by atoms with Crippen molar-refractivity contribution in [2.45, 2.75) is 19.9 Å². The molecule has 78 valence electrons. The molecule has 3 nitrogen and oxygen atoms in total. The summed E-state index contributed by atoms with van der Waals surface area (Å²) < 4.78 is 10.5. The third-order valence-corrected chi connectivity index (χ3v) is 2.50. The molecule has 1 fully saturated rings. The summed E-state index contributed by atoms with van der Waals surface area (Å²) >= 11 is 0. The third-order valence-electron chi connectivity index (χ3n) is 2.50. The number of methoxy groups -OCH3 is 1. The fourth-order valence-electron chi connectivity index (χ4n) is 1.77. The Labute approximate surface area is 81.0 Å². The van der Waals surface area contributed by atoms with Gasteiger partial charge in [0.05, 0.1) is 13.2 Å². The first-order chi connectivity index (χ1) is 6.24. The molecular formula is C10H21NO2. The first kappa shape index (κ1) is 11.0. The van der Waals surface area contributed by atoms with Crippen LogP contribution in [0.3, 0.4) is 0 Å². The van der Waals surface area contributed by atoms with Crippen molar-refractivity contribution >= 4 is 0 Å². The molecule has 1 aliphatic rings. The van der Waals surface area contributed by atoms with Gasteiger partial charge in [-0.2, -0.15) is 0 Å². The van der Waals surface area contributed by atoms with Crippen LogP contribution in [-0.4, -0.2) is 51.0 Å². The lowest BCUT2D eigenvalue weighted by molar-refractivity contribution is -0.0114. The average Bonchev–Trinajstić information content (AvgIpc) is 2.09. The van der Waals surface area contributed by atoms with E-state index >= 15 is 0 Å². The predicted octanol–water partition coefficient (Wildman–Crippen LogP) is 0.990. The van der Waals surface area contributed by atoms with Crippen molar-refractivity contribution < 1.29 is 9.47 Å². The Bertz CT molecular complexity index is 141. The van der Waals surface area contributed by atoms with Gasteiger partial charge < -0.3 is 9.47 Å². The summed E-state index contributed by atoms with van der Waals surface area (Å²) in [6.45, 7) is 9.24. The van der Waals surface area contributed by atoms with Crippen molar-refractivity contribution in [3.63, 3.8) is 0 Å². The van der Waals surface area contributed by atoms with Crippen LogP contribution in [0.4, 0.5) is 0 Å². The number of morpholine rings is 1. The van der Waals surface area contributed by atoms with Crippen molar-refractivity contribution in [3.05, 3.63) is 0 Å². The zero-order chi connectivity index (χ0) is 9.68. The molecule has 0 bridgehead atoms. The largest absolute Gasteiger partial charge is 0.384 e. The lowest BCUT2D eigenvalue weighted by Gasteiger charge is -2.34. The van der Waals surface area contributed by atoms with Crippen molar-refractivity contribution in [2.75, 3.05) is 40.0 Å². The first-order valence-corrected chi connectivity index (χ1v) is 5.04. The molecule has 0 unspecified atom stereocenters. The van der Waals surface area contributed by atoms with E-state index in [0.717, 1.165) is 32.9 Å². The molecule has 0 aliphatic carbocycles. The van der Waals surface area contributed by atoms with E-state index < -0.39 is 0 Å². The summed E-state index contributed by atoms with van der Waals surface area (Å²) in [4.78, 5) is 2.48. The second-order valence-electron chi connectivity index (χ2n) is 3.98. The van der Waals surface area contributed by atoms with Crippen LogP contribution in [0, 0.1) is 5.92 Å². The van der Waals surface area contributed by atoms with Gasteiger partial charge in [-0.25, -0.2) is 0 Å². The first-order valence-electron chi connectivity index (χ1n) is 5.04. The van der Waals surface area contributed by atoms with Crippen LogP contribution < -0.4 is 0 Å². The van der Waals surface area contributed by atoms with E-state index in [-0.39, 0.29) is 0 Å². The molecule has 1 heterocycles. The second-order valence-corrected chi connectivity index (χ2v) is 3.98. The van der Waals surface area contributed by atoms with Crippen LogP contribution in [0.25, 0.3) is 0 Å². The van der Waals surface area contributed by atoms with Gasteiger partial charge in [-0.1, -0.05) is 6.92 Å². The molecule has 1 rings (SSSR count). The summed E-state index contributed by atoms with van der Waals surface area (Å²) in [5.41, 5.74) is 0. The SMILES string of the molecule is COC[C@@H](C)CN1CCOC[C@@H]1C. The van der Waals surface area contributed by atoms with Crippen LogP contribution in [0.2, 0.25) is 0 Å². The molecule has 0 amide bonds. The standard InChI is InChI=1S/C10H21NO2/c1-9(7-12-3)6-11-4-5-13-8-10(11)2/h9-10H,4-8H2,1-3H3/t9-,10-/m0/s1. The van der Waals surface area contributed by atoms with Crippen molar-refractivity contribution in [1.82, 2.24) is 4.90 Å². The van der Waals surface area contributed by atoms with Gasteiger partial charge in [0.15, 0.2) is 0 Å². The van der Waals surface area contributed by atoms with E-state index in [0.29, 0.717) is 12.0 Å². The maximum absolute atomic E-state index is 5.38. The van der Waals surface area contributed by atoms with Gasteiger partial charge in [-0.05, 0) is 12.8 Å².